The minimum absolute atomic E-state index is 0.0807. The summed E-state index contributed by atoms with van der Waals surface area (Å²) in [5.41, 5.74) is 0.550. The lowest BCUT2D eigenvalue weighted by atomic mass is 10.3. The van der Waals surface area contributed by atoms with Gasteiger partial charge in [0.05, 0.1) is 9.47 Å². The van der Waals surface area contributed by atoms with Crippen molar-refractivity contribution in [3.63, 3.8) is 0 Å². The summed E-state index contributed by atoms with van der Waals surface area (Å²) in [6, 6.07) is 1.31. The van der Waals surface area contributed by atoms with Crippen molar-refractivity contribution in [2.24, 2.45) is 0 Å². The van der Waals surface area contributed by atoms with E-state index < -0.39 is 11.8 Å². The van der Waals surface area contributed by atoms with Crippen LogP contribution in [0.1, 0.15) is 36.5 Å². The summed E-state index contributed by atoms with van der Waals surface area (Å²) in [5.74, 6) is -1.28. The molecule has 1 aromatic rings. The summed E-state index contributed by atoms with van der Waals surface area (Å²) in [7, 11) is 1.82. The zero-order valence-corrected chi connectivity index (χ0v) is 12.4. The second-order valence-corrected chi connectivity index (χ2v) is 3.30. The number of fused-ring (bicyclic) bond motifs is 1. The Morgan fingerprint density at radius 1 is 1.42 bits per heavy atom. The molecule has 2 rings (SSSR count). The van der Waals surface area contributed by atoms with Crippen LogP contribution in [-0.4, -0.2) is 10.5 Å². The summed E-state index contributed by atoms with van der Waals surface area (Å²) in [6.45, 7) is 10.0. The van der Waals surface area contributed by atoms with Crippen LogP contribution in [0.3, 0.4) is 0 Å². The first-order valence-corrected chi connectivity index (χ1v) is 6.36. The first-order chi connectivity index (χ1) is 9.24. The molecule has 3 nitrogen and oxygen atoms in total. The Bertz CT molecular complexity index is 478. The van der Waals surface area contributed by atoms with E-state index >= 15 is 0 Å². The third-order valence-electron chi connectivity index (χ3n) is 2.14. The molecule has 1 aliphatic rings. The van der Waals surface area contributed by atoms with E-state index in [9.17, 15) is 9.18 Å². The van der Waals surface area contributed by atoms with E-state index in [2.05, 4.69) is 17.7 Å². The van der Waals surface area contributed by atoms with Crippen LogP contribution in [0.5, 0.6) is 0 Å². The molecule has 0 radical (unpaired) electrons. The van der Waals surface area contributed by atoms with E-state index in [1.54, 1.807) is 12.3 Å². The van der Waals surface area contributed by atoms with Crippen molar-refractivity contribution in [1.82, 2.24) is 4.57 Å². The maximum Gasteiger partial charge on any atom is 0.360 e. The summed E-state index contributed by atoms with van der Waals surface area (Å²) in [5, 5.41) is 0. The number of allylic oxidation sites excluding steroid dienone is 2. The Kier molecular flexibility index (Phi) is 8.47. The Morgan fingerprint density at radius 2 is 2.05 bits per heavy atom. The van der Waals surface area contributed by atoms with E-state index in [-0.39, 0.29) is 5.69 Å². The molecule has 2 heterocycles. The molecule has 0 saturated carbocycles. The molecule has 0 spiro atoms. The van der Waals surface area contributed by atoms with Gasteiger partial charge in [-0.1, -0.05) is 26.0 Å². The number of aromatic nitrogens is 1. The molecule has 1 aromatic heterocycles. The zero-order valence-electron chi connectivity index (χ0n) is 11.2. The SMILES string of the molecule is C=C.CC.O=C(OP)c1c(F)cc2n1C=CCC=C2. The highest BCUT2D eigenvalue weighted by molar-refractivity contribution is 7.10. The number of carbonyl (C=O) groups excluding carboxylic acids is 1. The number of rotatable bonds is 1. The van der Waals surface area contributed by atoms with Crippen LogP contribution in [0, 0.1) is 5.82 Å². The van der Waals surface area contributed by atoms with Crippen LogP contribution in [0.25, 0.3) is 12.3 Å². The molecule has 0 bridgehead atoms. The largest absolute Gasteiger partial charge is 0.447 e. The summed E-state index contributed by atoms with van der Waals surface area (Å²) >= 11 is 0. The van der Waals surface area contributed by atoms with Crippen molar-refractivity contribution in [2.45, 2.75) is 20.3 Å². The van der Waals surface area contributed by atoms with Gasteiger partial charge < -0.3 is 9.09 Å². The van der Waals surface area contributed by atoms with Crippen LogP contribution in [0.2, 0.25) is 0 Å². The molecule has 0 saturated heterocycles. The molecule has 19 heavy (non-hydrogen) atoms. The average molecular weight is 283 g/mol. The highest BCUT2D eigenvalue weighted by Gasteiger charge is 2.20. The van der Waals surface area contributed by atoms with Gasteiger partial charge in [0.2, 0.25) is 0 Å². The van der Waals surface area contributed by atoms with Gasteiger partial charge in [-0.3, -0.25) is 0 Å². The summed E-state index contributed by atoms with van der Waals surface area (Å²) < 4.78 is 19.4. The van der Waals surface area contributed by atoms with Gasteiger partial charge in [0.15, 0.2) is 11.5 Å². The fraction of sp³-hybridized carbons (Fsp3) is 0.214. The molecular weight excluding hydrogens is 264 g/mol. The molecule has 1 unspecified atom stereocenters. The normalized spacial score (nSPS) is 11.2. The topological polar surface area (TPSA) is 31.2 Å². The van der Waals surface area contributed by atoms with E-state index in [1.807, 2.05) is 35.5 Å². The van der Waals surface area contributed by atoms with E-state index in [0.717, 1.165) is 6.42 Å². The van der Waals surface area contributed by atoms with E-state index in [4.69, 9.17) is 0 Å². The average Bonchev–Trinajstić information content (AvgIpc) is 2.64. The number of nitrogens with zero attached hydrogens (tertiary/aromatic N) is 1. The first kappa shape index (κ1) is 17.3. The first-order valence-electron chi connectivity index (χ1n) is 5.89. The predicted molar refractivity (Wildman–Crippen MR) is 81.1 cm³/mol. The highest BCUT2D eigenvalue weighted by atomic mass is 31.0. The van der Waals surface area contributed by atoms with E-state index in [1.165, 1.54) is 10.6 Å². The molecular formula is C14H19FNO2P. The zero-order chi connectivity index (χ0) is 14.8. The van der Waals surface area contributed by atoms with Crippen molar-refractivity contribution >= 4 is 27.7 Å². The fourth-order valence-electron chi connectivity index (χ4n) is 1.49. The predicted octanol–water partition coefficient (Wildman–Crippen LogP) is 4.29. The minimum atomic E-state index is -0.705. The third-order valence-corrected chi connectivity index (χ3v) is 2.35. The number of hydrogen-bond acceptors (Lipinski definition) is 2. The second kappa shape index (κ2) is 9.29. The Balaban J connectivity index is 0.000000741. The van der Waals surface area contributed by atoms with E-state index in [0.29, 0.717) is 5.69 Å². The van der Waals surface area contributed by atoms with Crippen LogP contribution in [0.15, 0.2) is 31.4 Å². The maximum absolute atomic E-state index is 13.4. The summed E-state index contributed by atoms with van der Waals surface area (Å²) in [4.78, 5) is 11.3. The molecule has 0 N–H and O–H groups in total. The fourth-order valence-corrected chi connectivity index (χ4v) is 1.60. The molecule has 1 atom stereocenters. The van der Waals surface area contributed by atoms with Gasteiger partial charge in [-0.15, -0.1) is 13.2 Å². The van der Waals surface area contributed by atoms with Crippen LogP contribution in [-0.2, 0) is 4.52 Å². The Hall–Kier alpha value is -1.67. The number of carbonyl (C=O) groups is 1. The van der Waals surface area contributed by atoms with Crippen molar-refractivity contribution in [2.75, 3.05) is 0 Å². The Morgan fingerprint density at radius 3 is 2.63 bits per heavy atom. The number of hydrogen-bond donors (Lipinski definition) is 0. The molecule has 5 heteroatoms. The molecule has 104 valence electrons. The van der Waals surface area contributed by atoms with Gasteiger partial charge in [-0.2, -0.15) is 0 Å². The monoisotopic (exact) mass is 283 g/mol. The lowest BCUT2D eigenvalue weighted by Gasteiger charge is -2.03. The van der Waals surface area contributed by atoms with Gasteiger partial charge in [-0.25, -0.2) is 9.18 Å². The Labute approximate surface area is 115 Å². The van der Waals surface area contributed by atoms with Gasteiger partial charge in [-0.05, 0) is 12.5 Å². The standard InChI is InChI=1S/C10H9FNO2P.C2H6.C2H4/c11-8-6-7-4-2-1-3-5-12(7)9(8)10(13)14-15;2*1-2/h2-6H,1,15H2;1-2H3;1-2H2. The molecule has 0 aromatic carbocycles. The third kappa shape index (κ3) is 4.18. The van der Waals surface area contributed by atoms with Crippen molar-refractivity contribution < 1.29 is 13.7 Å². The van der Waals surface area contributed by atoms with Crippen molar-refractivity contribution in [1.29, 1.82) is 0 Å². The molecule has 0 fully saturated rings. The lowest BCUT2D eigenvalue weighted by molar-refractivity contribution is 0.0753. The van der Waals surface area contributed by atoms with Crippen LogP contribution < -0.4 is 0 Å². The maximum atomic E-state index is 13.4. The highest BCUT2D eigenvalue weighted by Crippen LogP contribution is 2.20. The lowest BCUT2D eigenvalue weighted by Crippen LogP contribution is -2.07. The minimum Gasteiger partial charge on any atom is -0.447 e. The van der Waals surface area contributed by atoms with Crippen molar-refractivity contribution in [3.05, 3.63) is 48.6 Å². The van der Waals surface area contributed by atoms with Gasteiger partial charge in [0.1, 0.15) is 0 Å². The van der Waals surface area contributed by atoms with Crippen molar-refractivity contribution in [3.8, 4) is 0 Å². The van der Waals surface area contributed by atoms with Crippen LogP contribution >= 0.6 is 9.47 Å². The number of halogens is 1. The quantitative estimate of drug-likeness (QED) is 0.568. The molecule has 1 aliphatic heterocycles. The summed E-state index contributed by atoms with van der Waals surface area (Å²) in [6.07, 6.45) is 7.92. The molecule has 0 aliphatic carbocycles. The van der Waals surface area contributed by atoms with Gasteiger partial charge >= 0.3 is 5.97 Å². The van der Waals surface area contributed by atoms with Gasteiger partial charge in [0.25, 0.3) is 0 Å². The van der Waals surface area contributed by atoms with Gasteiger partial charge in [0, 0.05) is 18.0 Å². The second-order valence-electron chi connectivity index (χ2n) is 3.06. The smallest absolute Gasteiger partial charge is 0.360 e. The van der Waals surface area contributed by atoms with Crippen LogP contribution in [0.4, 0.5) is 4.39 Å². The molecule has 0 amide bonds.